The fraction of sp³-hybridized carbons (Fsp3) is 0.429. The summed E-state index contributed by atoms with van der Waals surface area (Å²) < 4.78 is 7.80. The molecule has 0 spiro atoms. The maximum Gasteiger partial charge on any atom is 0.123 e. The van der Waals surface area contributed by atoms with E-state index < -0.39 is 0 Å². The van der Waals surface area contributed by atoms with Gasteiger partial charge in [-0.25, -0.2) is 9.97 Å². The number of nitrogens with zero attached hydrogens (tertiary/aromatic N) is 3. The lowest BCUT2D eigenvalue weighted by Crippen LogP contribution is -2.30. The Kier molecular flexibility index (Phi) is 3.85. The van der Waals surface area contributed by atoms with Gasteiger partial charge in [-0.05, 0) is 32.9 Å². The number of anilines is 1. The van der Waals surface area contributed by atoms with Crippen molar-refractivity contribution in [3.05, 3.63) is 30.9 Å². The van der Waals surface area contributed by atoms with E-state index in [0.717, 1.165) is 17.8 Å². The quantitative estimate of drug-likeness (QED) is 0.896. The van der Waals surface area contributed by atoms with Gasteiger partial charge in [-0.1, -0.05) is 0 Å². The van der Waals surface area contributed by atoms with Gasteiger partial charge in [0.15, 0.2) is 0 Å². The molecule has 0 saturated carbocycles. The fourth-order valence-corrected chi connectivity index (χ4v) is 2.09. The van der Waals surface area contributed by atoms with Gasteiger partial charge in [0, 0.05) is 18.4 Å². The third-order valence-corrected chi connectivity index (χ3v) is 2.88. The summed E-state index contributed by atoms with van der Waals surface area (Å²) in [6, 6.07) is 3.74. The largest absolute Gasteiger partial charge is 0.384 e. The minimum Gasteiger partial charge on any atom is -0.384 e. The highest BCUT2D eigenvalue weighted by Gasteiger charge is 2.20. The summed E-state index contributed by atoms with van der Waals surface area (Å²) in [4.78, 5) is 8.33. The number of pyridine rings is 1. The Labute approximate surface area is 113 Å². The van der Waals surface area contributed by atoms with Gasteiger partial charge in [0.1, 0.15) is 5.82 Å². The molecule has 2 N–H and O–H groups in total. The molecule has 0 amide bonds. The molecule has 2 heterocycles. The van der Waals surface area contributed by atoms with Crippen LogP contribution in [0.4, 0.5) is 5.82 Å². The standard InChI is InChI=1S/C14H20N4O/c1-4-19-14(2,3)9-18-10-16-8-12(18)11-5-6-13(15)17-7-11/h5-8,10H,4,9H2,1-3H3,(H2,15,17). The highest BCUT2D eigenvalue weighted by Crippen LogP contribution is 2.22. The van der Waals surface area contributed by atoms with Crippen molar-refractivity contribution < 1.29 is 4.74 Å². The van der Waals surface area contributed by atoms with Gasteiger partial charge in [-0.2, -0.15) is 0 Å². The van der Waals surface area contributed by atoms with Crippen molar-refractivity contribution in [3.63, 3.8) is 0 Å². The third-order valence-electron chi connectivity index (χ3n) is 2.88. The Morgan fingerprint density at radius 1 is 1.32 bits per heavy atom. The molecule has 0 aliphatic heterocycles. The molecular weight excluding hydrogens is 240 g/mol. The number of aromatic nitrogens is 3. The molecular formula is C14H20N4O. The fourth-order valence-electron chi connectivity index (χ4n) is 2.09. The summed E-state index contributed by atoms with van der Waals surface area (Å²) >= 11 is 0. The van der Waals surface area contributed by atoms with Gasteiger partial charge >= 0.3 is 0 Å². The molecule has 0 saturated heterocycles. The maximum absolute atomic E-state index is 5.73. The first-order valence-electron chi connectivity index (χ1n) is 6.38. The maximum atomic E-state index is 5.73. The van der Waals surface area contributed by atoms with E-state index >= 15 is 0 Å². The first-order chi connectivity index (χ1) is 9.02. The summed E-state index contributed by atoms with van der Waals surface area (Å²) in [7, 11) is 0. The average Bonchev–Trinajstić information content (AvgIpc) is 2.77. The van der Waals surface area contributed by atoms with Crippen molar-refractivity contribution in [2.24, 2.45) is 0 Å². The number of hydrogen-bond acceptors (Lipinski definition) is 4. The van der Waals surface area contributed by atoms with E-state index in [1.54, 1.807) is 12.3 Å². The molecule has 19 heavy (non-hydrogen) atoms. The number of nitrogens with two attached hydrogens (primary N) is 1. The van der Waals surface area contributed by atoms with E-state index in [9.17, 15) is 0 Å². The summed E-state index contributed by atoms with van der Waals surface area (Å²) in [6.07, 6.45) is 5.40. The van der Waals surface area contributed by atoms with Crippen LogP contribution in [-0.4, -0.2) is 26.7 Å². The first-order valence-corrected chi connectivity index (χ1v) is 6.38. The molecule has 0 aromatic carbocycles. The van der Waals surface area contributed by atoms with E-state index in [1.165, 1.54) is 0 Å². The molecule has 0 fully saturated rings. The SMILES string of the molecule is CCOC(C)(C)Cn1cncc1-c1ccc(N)nc1. The molecule has 0 atom stereocenters. The minimum absolute atomic E-state index is 0.231. The molecule has 0 aliphatic carbocycles. The van der Waals surface area contributed by atoms with Gasteiger partial charge in [0.25, 0.3) is 0 Å². The van der Waals surface area contributed by atoms with E-state index in [2.05, 4.69) is 28.4 Å². The summed E-state index contributed by atoms with van der Waals surface area (Å²) in [5, 5.41) is 0. The number of imidazole rings is 1. The van der Waals surface area contributed by atoms with E-state index in [1.807, 2.05) is 25.5 Å². The highest BCUT2D eigenvalue weighted by atomic mass is 16.5. The average molecular weight is 260 g/mol. The van der Waals surface area contributed by atoms with Crippen LogP contribution < -0.4 is 5.73 Å². The molecule has 0 aliphatic rings. The molecule has 0 unspecified atom stereocenters. The number of rotatable bonds is 5. The summed E-state index contributed by atoms with van der Waals surface area (Å²) in [5.41, 5.74) is 7.39. The van der Waals surface area contributed by atoms with Crippen LogP contribution in [0.25, 0.3) is 11.3 Å². The van der Waals surface area contributed by atoms with Crippen LogP contribution in [0.5, 0.6) is 0 Å². The van der Waals surface area contributed by atoms with Crippen molar-refractivity contribution in [2.45, 2.75) is 32.9 Å². The van der Waals surface area contributed by atoms with Crippen molar-refractivity contribution >= 4 is 5.82 Å². The molecule has 0 radical (unpaired) electrons. The van der Waals surface area contributed by atoms with Gasteiger partial charge in [0.05, 0.1) is 30.4 Å². The van der Waals surface area contributed by atoms with Crippen molar-refractivity contribution in [1.29, 1.82) is 0 Å². The summed E-state index contributed by atoms with van der Waals surface area (Å²) in [5.74, 6) is 0.518. The molecule has 2 aromatic rings. The van der Waals surface area contributed by atoms with Gasteiger partial charge in [0.2, 0.25) is 0 Å². The van der Waals surface area contributed by atoms with E-state index in [-0.39, 0.29) is 5.60 Å². The molecule has 0 bridgehead atoms. The van der Waals surface area contributed by atoms with E-state index in [4.69, 9.17) is 10.5 Å². The molecule has 2 rings (SSSR count). The Balaban J connectivity index is 2.25. The van der Waals surface area contributed by atoms with Gasteiger partial charge in [-0.3, -0.25) is 0 Å². The van der Waals surface area contributed by atoms with Crippen LogP contribution in [0.3, 0.4) is 0 Å². The van der Waals surface area contributed by atoms with Crippen molar-refractivity contribution in [1.82, 2.24) is 14.5 Å². The first kappa shape index (κ1) is 13.5. The second-order valence-electron chi connectivity index (χ2n) is 5.07. The summed E-state index contributed by atoms with van der Waals surface area (Å²) in [6.45, 7) is 7.57. The lowest BCUT2D eigenvalue weighted by atomic mass is 10.1. The number of nitrogen functional groups attached to an aromatic ring is 1. The Morgan fingerprint density at radius 2 is 2.11 bits per heavy atom. The van der Waals surface area contributed by atoms with Crippen LogP contribution in [0.15, 0.2) is 30.9 Å². The molecule has 5 nitrogen and oxygen atoms in total. The van der Waals surface area contributed by atoms with Gasteiger partial charge < -0.3 is 15.0 Å². The molecule has 102 valence electrons. The van der Waals surface area contributed by atoms with Crippen LogP contribution >= 0.6 is 0 Å². The van der Waals surface area contributed by atoms with Crippen molar-refractivity contribution in [3.8, 4) is 11.3 Å². The van der Waals surface area contributed by atoms with E-state index in [0.29, 0.717) is 12.4 Å². The molecule has 5 heteroatoms. The predicted octanol–water partition coefficient (Wildman–Crippen LogP) is 2.34. The van der Waals surface area contributed by atoms with Crippen molar-refractivity contribution in [2.75, 3.05) is 12.3 Å². The van der Waals surface area contributed by atoms with Crippen LogP contribution in [0, 0.1) is 0 Å². The second-order valence-corrected chi connectivity index (χ2v) is 5.07. The zero-order valence-electron chi connectivity index (χ0n) is 11.6. The van der Waals surface area contributed by atoms with Gasteiger partial charge in [-0.15, -0.1) is 0 Å². The topological polar surface area (TPSA) is 66.0 Å². The number of hydrogen-bond donors (Lipinski definition) is 1. The number of ether oxygens (including phenoxy) is 1. The minimum atomic E-state index is -0.231. The monoisotopic (exact) mass is 260 g/mol. The normalized spacial score (nSPS) is 11.7. The Hall–Kier alpha value is -1.88. The van der Waals surface area contributed by atoms with Crippen LogP contribution in [0.1, 0.15) is 20.8 Å². The second kappa shape index (κ2) is 5.40. The van der Waals surface area contributed by atoms with Crippen LogP contribution in [-0.2, 0) is 11.3 Å². The Morgan fingerprint density at radius 3 is 2.74 bits per heavy atom. The molecule has 2 aromatic heterocycles. The lowest BCUT2D eigenvalue weighted by molar-refractivity contribution is -0.0221. The third kappa shape index (κ3) is 3.32. The Bertz CT molecular complexity index is 531. The predicted molar refractivity (Wildman–Crippen MR) is 75.6 cm³/mol. The lowest BCUT2D eigenvalue weighted by Gasteiger charge is -2.26. The highest BCUT2D eigenvalue weighted by molar-refractivity contribution is 5.59. The zero-order valence-corrected chi connectivity index (χ0v) is 11.6. The smallest absolute Gasteiger partial charge is 0.123 e. The zero-order chi connectivity index (χ0) is 13.9. The van der Waals surface area contributed by atoms with Crippen LogP contribution in [0.2, 0.25) is 0 Å².